The van der Waals surface area contributed by atoms with Crippen molar-refractivity contribution in [2.45, 2.75) is 31.1 Å². The molecule has 2 aliphatic heterocycles. The van der Waals surface area contributed by atoms with Crippen LogP contribution in [0, 0.1) is 23.0 Å². The molecule has 2 atom stereocenters. The molecular formula is C22H21ClF2O3S. The van der Waals surface area contributed by atoms with E-state index in [9.17, 15) is 12.8 Å². The molecule has 5 rings (SSSR count). The zero-order chi connectivity index (χ0) is 20.4. The van der Waals surface area contributed by atoms with E-state index in [0.29, 0.717) is 17.9 Å². The molecule has 0 radical (unpaired) electrons. The fraction of sp³-hybridized carbons (Fsp3) is 0.455. The second kappa shape index (κ2) is 6.42. The average molecular weight is 439 g/mol. The van der Waals surface area contributed by atoms with Gasteiger partial charge in [-0.15, -0.1) is 0 Å². The second-order valence-corrected chi connectivity index (χ2v) is 11.3. The highest BCUT2D eigenvalue weighted by molar-refractivity contribution is 7.92. The lowest BCUT2D eigenvalue weighted by Gasteiger charge is -2.60. The summed E-state index contributed by atoms with van der Waals surface area (Å²) in [5.41, 5.74) is 0.101. The van der Waals surface area contributed by atoms with Crippen LogP contribution < -0.4 is 4.74 Å². The van der Waals surface area contributed by atoms with Crippen LogP contribution in [0.3, 0.4) is 0 Å². The first kappa shape index (κ1) is 19.3. The van der Waals surface area contributed by atoms with Gasteiger partial charge in [0.05, 0.1) is 18.1 Å². The number of rotatable bonds is 2. The van der Waals surface area contributed by atoms with E-state index < -0.39 is 32.3 Å². The van der Waals surface area contributed by atoms with Gasteiger partial charge in [-0.3, -0.25) is 0 Å². The minimum Gasteiger partial charge on any atom is -0.490 e. The SMILES string of the molecule is O=S1(=O)CC2(CCC[C@@]3(Cc4ccc(Cl)cc4)c4c(F)ccc(F)c4OC[C@@H]23)C1. The Morgan fingerprint density at radius 3 is 2.41 bits per heavy atom. The van der Waals surface area contributed by atoms with E-state index in [0.717, 1.165) is 30.5 Å². The summed E-state index contributed by atoms with van der Waals surface area (Å²) in [6.45, 7) is 0.205. The Labute approximate surface area is 173 Å². The van der Waals surface area contributed by atoms with Gasteiger partial charge < -0.3 is 4.74 Å². The van der Waals surface area contributed by atoms with Gasteiger partial charge in [0.1, 0.15) is 5.82 Å². The van der Waals surface area contributed by atoms with Crippen LogP contribution in [-0.4, -0.2) is 26.5 Å². The largest absolute Gasteiger partial charge is 0.490 e. The van der Waals surface area contributed by atoms with Crippen LogP contribution in [0.5, 0.6) is 5.75 Å². The molecule has 154 valence electrons. The molecular weight excluding hydrogens is 418 g/mol. The standard InChI is InChI=1S/C22H21ClF2O3S/c23-15-4-2-14(3-5-15)10-22-9-1-8-21(12-29(26,27)13-21)18(22)11-28-20-17(25)7-6-16(24)19(20)22/h2-7,18H,1,8-13H2/t18-,22-/m0/s1. The van der Waals surface area contributed by atoms with E-state index in [1.165, 1.54) is 0 Å². The number of hydrogen-bond donors (Lipinski definition) is 0. The predicted molar refractivity (Wildman–Crippen MR) is 107 cm³/mol. The van der Waals surface area contributed by atoms with Gasteiger partial charge in [0.15, 0.2) is 21.4 Å². The third-order valence-electron chi connectivity index (χ3n) is 7.10. The quantitative estimate of drug-likeness (QED) is 0.682. The lowest BCUT2D eigenvalue weighted by atomic mass is 9.50. The van der Waals surface area contributed by atoms with Crippen molar-refractivity contribution < 1.29 is 21.9 Å². The summed E-state index contributed by atoms with van der Waals surface area (Å²) >= 11 is 6.03. The molecule has 29 heavy (non-hydrogen) atoms. The maximum atomic E-state index is 15.2. The number of ether oxygens (including phenoxy) is 1. The summed E-state index contributed by atoms with van der Waals surface area (Å²) < 4.78 is 59.7. The molecule has 0 N–H and O–H groups in total. The van der Waals surface area contributed by atoms with E-state index in [1.807, 2.05) is 12.1 Å². The highest BCUT2D eigenvalue weighted by Gasteiger charge is 2.64. The Bertz CT molecular complexity index is 1070. The molecule has 2 heterocycles. The second-order valence-electron chi connectivity index (χ2n) is 8.80. The van der Waals surface area contributed by atoms with Gasteiger partial charge >= 0.3 is 0 Å². The molecule has 7 heteroatoms. The van der Waals surface area contributed by atoms with Crippen molar-refractivity contribution in [1.29, 1.82) is 0 Å². The van der Waals surface area contributed by atoms with E-state index in [-0.39, 0.29) is 35.3 Å². The number of halogens is 3. The third kappa shape index (κ3) is 2.90. The Balaban J connectivity index is 1.69. The van der Waals surface area contributed by atoms with Crippen molar-refractivity contribution in [2.24, 2.45) is 11.3 Å². The lowest BCUT2D eigenvalue weighted by Crippen LogP contribution is -2.64. The lowest BCUT2D eigenvalue weighted by molar-refractivity contribution is -0.0175. The van der Waals surface area contributed by atoms with Gasteiger partial charge in [-0.2, -0.15) is 0 Å². The molecule has 1 aliphatic carbocycles. The van der Waals surface area contributed by atoms with Gasteiger partial charge in [0.25, 0.3) is 0 Å². The van der Waals surface area contributed by atoms with Gasteiger partial charge in [0, 0.05) is 27.3 Å². The highest BCUT2D eigenvalue weighted by atomic mass is 35.5. The van der Waals surface area contributed by atoms with E-state index in [4.69, 9.17) is 16.3 Å². The van der Waals surface area contributed by atoms with E-state index in [2.05, 4.69) is 0 Å². The predicted octanol–water partition coefficient (Wildman–Crippen LogP) is 4.71. The number of benzene rings is 2. The van der Waals surface area contributed by atoms with Crippen molar-refractivity contribution in [3.63, 3.8) is 0 Å². The van der Waals surface area contributed by atoms with Gasteiger partial charge in [-0.25, -0.2) is 17.2 Å². The summed E-state index contributed by atoms with van der Waals surface area (Å²) in [5, 5.41) is 0.609. The monoisotopic (exact) mass is 438 g/mol. The van der Waals surface area contributed by atoms with Gasteiger partial charge in [-0.05, 0) is 49.1 Å². The number of fused-ring (bicyclic) bond motifs is 4. The van der Waals surface area contributed by atoms with Crippen LogP contribution in [0.2, 0.25) is 5.02 Å². The van der Waals surface area contributed by atoms with Crippen LogP contribution in [0.4, 0.5) is 8.78 Å². The maximum absolute atomic E-state index is 15.2. The minimum atomic E-state index is -3.08. The molecule has 2 fully saturated rings. The van der Waals surface area contributed by atoms with Gasteiger partial charge in [0.2, 0.25) is 0 Å². The Hall–Kier alpha value is -1.66. The molecule has 1 spiro atoms. The smallest absolute Gasteiger partial charge is 0.165 e. The van der Waals surface area contributed by atoms with Crippen molar-refractivity contribution in [2.75, 3.05) is 18.1 Å². The Morgan fingerprint density at radius 1 is 1.03 bits per heavy atom. The van der Waals surface area contributed by atoms with Crippen LogP contribution >= 0.6 is 11.6 Å². The molecule has 0 bridgehead atoms. The van der Waals surface area contributed by atoms with Crippen molar-refractivity contribution >= 4 is 21.4 Å². The first-order valence-corrected chi connectivity index (χ1v) is 12.0. The molecule has 2 aromatic rings. The van der Waals surface area contributed by atoms with Crippen LogP contribution in [-0.2, 0) is 21.7 Å². The first-order chi connectivity index (χ1) is 13.7. The highest BCUT2D eigenvalue weighted by Crippen LogP contribution is 2.62. The number of hydrogen-bond acceptors (Lipinski definition) is 3. The number of sulfone groups is 1. The maximum Gasteiger partial charge on any atom is 0.165 e. The minimum absolute atomic E-state index is 0.0190. The topological polar surface area (TPSA) is 43.4 Å². The van der Waals surface area contributed by atoms with Crippen LogP contribution in [0.1, 0.15) is 30.4 Å². The van der Waals surface area contributed by atoms with Crippen LogP contribution in [0.15, 0.2) is 36.4 Å². The zero-order valence-corrected chi connectivity index (χ0v) is 17.3. The molecule has 0 unspecified atom stereocenters. The summed E-state index contributed by atoms with van der Waals surface area (Å²) in [7, 11) is -3.08. The fourth-order valence-electron chi connectivity index (χ4n) is 6.08. The fourth-order valence-corrected chi connectivity index (χ4v) is 8.56. The van der Waals surface area contributed by atoms with Crippen molar-refractivity contribution in [3.8, 4) is 5.75 Å². The first-order valence-electron chi connectivity index (χ1n) is 9.81. The van der Waals surface area contributed by atoms with Gasteiger partial charge in [-0.1, -0.05) is 30.2 Å². The Kier molecular flexibility index (Phi) is 4.27. The molecule has 1 saturated carbocycles. The van der Waals surface area contributed by atoms with Crippen molar-refractivity contribution in [1.82, 2.24) is 0 Å². The molecule has 1 saturated heterocycles. The molecule has 2 aromatic carbocycles. The molecule has 3 aliphatic rings. The summed E-state index contributed by atoms with van der Waals surface area (Å²) in [4.78, 5) is 0. The summed E-state index contributed by atoms with van der Waals surface area (Å²) in [6, 6.07) is 9.63. The summed E-state index contributed by atoms with van der Waals surface area (Å²) in [5.74, 6) is -1.07. The zero-order valence-electron chi connectivity index (χ0n) is 15.8. The molecule has 0 amide bonds. The van der Waals surface area contributed by atoms with E-state index in [1.54, 1.807) is 12.1 Å². The Morgan fingerprint density at radius 2 is 1.72 bits per heavy atom. The van der Waals surface area contributed by atoms with Crippen molar-refractivity contribution in [3.05, 3.63) is 64.2 Å². The molecule has 0 aromatic heterocycles. The average Bonchev–Trinajstić information content (AvgIpc) is 2.65. The van der Waals surface area contributed by atoms with Crippen LogP contribution in [0.25, 0.3) is 0 Å². The molecule has 3 nitrogen and oxygen atoms in total. The third-order valence-corrected chi connectivity index (χ3v) is 9.38. The van der Waals surface area contributed by atoms with E-state index >= 15 is 4.39 Å². The summed E-state index contributed by atoms with van der Waals surface area (Å²) in [6.07, 6.45) is 2.70. The normalized spacial score (nSPS) is 28.7.